The van der Waals surface area contributed by atoms with E-state index in [1.807, 2.05) is 73.8 Å². The lowest BCUT2D eigenvalue weighted by atomic mass is 10.1. The molecule has 0 unspecified atom stereocenters. The number of fused-ring (bicyclic) bond motifs is 1. The summed E-state index contributed by atoms with van der Waals surface area (Å²) in [5.74, 6) is 1.40. The highest BCUT2D eigenvalue weighted by Crippen LogP contribution is 2.46. The number of nitrogens with zero attached hydrogens (tertiary/aromatic N) is 2. The first-order valence-electron chi connectivity index (χ1n) is 13.1. The highest BCUT2D eigenvalue weighted by Gasteiger charge is 2.40. The van der Waals surface area contributed by atoms with Crippen molar-refractivity contribution in [2.75, 3.05) is 52.9 Å². The van der Waals surface area contributed by atoms with Gasteiger partial charge < -0.3 is 34.2 Å². The van der Waals surface area contributed by atoms with Crippen molar-refractivity contribution >= 4 is 41.7 Å². The molecule has 0 saturated carbocycles. The zero-order valence-corrected chi connectivity index (χ0v) is 26.1. The van der Waals surface area contributed by atoms with Crippen LogP contribution in [0.5, 0.6) is 17.2 Å². The summed E-state index contributed by atoms with van der Waals surface area (Å²) in [6, 6.07) is 21.3. The van der Waals surface area contributed by atoms with E-state index in [-0.39, 0.29) is 23.8 Å². The minimum absolute atomic E-state index is 0. The minimum atomic E-state index is -0.972. The Morgan fingerprint density at radius 3 is 2.26 bits per heavy atom. The van der Waals surface area contributed by atoms with Gasteiger partial charge in [0.25, 0.3) is 5.91 Å². The zero-order chi connectivity index (χ0) is 28.6. The number of methoxy groups -OCH3 is 3. The van der Waals surface area contributed by atoms with Gasteiger partial charge in [-0.3, -0.25) is 9.59 Å². The molecule has 0 fully saturated rings. The molecule has 3 aromatic carbocycles. The standard InChI is InChI=1S/C31H36N2O6S.ClH.H2O/c1-21(34)39-29-30(23-11-13-24(36-3)14-12-23)40-28-9-7-6-8-25(28)33(31(29)35)19-18-32(2)17-16-22-10-15-26(37-4)27(20-22)38-5;;/h6-15,20,29-30H,16-19H2,1-5H3;1H;1H2/t29-,30+;;/m0../s1. The van der Waals surface area contributed by atoms with E-state index in [0.29, 0.717) is 24.6 Å². The van der Waals surface area contributed by atoms with Crippen molar-refractivity contribution < 1.29 is 34.0 Å². The third kappa shape index (κ3) is 8.32. The number of hydrogen-bond acceptors (Lipinski definition) is 8. The quantitative estimate of drug-likeness (QED) is 0.287. The van der Waals surface area contributed by atoms with Crippen molar-refractivity contribution in [2.45, 2.75) is 29.6 Å². The summed E-state index contributed by atoms with van der Waals surface area (Å²) in [5, 5.41) is -0.406. The molecule has 0 aromatic heterocycles. The molecule has 1 aliphatic rings. The molecule has 11 heteroatoms. The van der Waals surface area contributed by atoms with Crippen LogP contribution in [-0.2, 0) is 20.7 Å². The number of amides is 1. The maximum atomic E-state index is 14.0. The number of para-hydroxylation sites is 1. The minimum Gasteiger partial charge on any atom is -0.497 e. The SMILES string of the molecule is COc1ccc([C@H]2Sc3ccccc3N(CCN(C)CCc3ccc(OC)c(OC)c3)C(=O)[C@H]2OC(C)=O)cc1.Cl.O. The highest BCUT2D eigenvalue weighted by molar-refractivity contribution is 7.99. The Kier molecular flexibility index (Phi) is 13.5. The molecule has 0 bridgehead atoms. The van der Waals surface area contributed by atoms with Gasteiger partial charge in [0.15, 0.2) is 17.6 Å². The van der Waals surface area contributed by atoms with Gasteiger partial charge in [-0.25, -0.2) is 0 Å². The number of thioether (sulfide) groups is 1. The van der Waals surface area contributed by atoms with Gasteiger partial charge in [-0.05, 0) is 61.0 Å². The van der Waals surface area contributed by atoms with Crippen LogP contribution in [0.1, 0.15) is 23.3 Å². The average molecular weight is 619 g/mol. The molecule has 1 aliphatic heterocycles. The van der Waals surface area contributed by atoms with Crippen LogP contribution in [0.2, 0.25) is 0 Å². The van der Waals surface area contributed by atoms with Gasteiger partial charge in [0.1, 0.15) is 5.75 Å². The monoisotopic (exact) mass is 618 g/mol. The van der Waals surface area contributed by atoms with Crippen LogP contribution < -0.4 is 19.1 Å². The number of rotatable bonds is 11. The van der Waals surface area contributed by atoms with Gasteiger partial charge >= 0.3 is 5.97 Å². The number of carbonyl (C=O) groups is 2. The number of carbonyl (C=O) groups excluding carboxylic acids is 2. The first-order valence-corrected chi connectivity index (χ1v) is 14.0. The van der Waals surface area contributed by atoms with Gasteiger partial charge in [-0.2, -0.15) is 0 Å². The molecule has 0 aliphatic carbocycles. The lowest BCUT2D eigenvalue weighted by Gasteiger charge is -2.29. The highest BCUT2D eigenvalue weighted by atomic mass is 35.5. The third-order valence-electron chi connectivity index (χ3n) is 6.87. The summed E-state index contributed by atoms with van der Waals surface area (Å²) < 4.78 is 21.8. The van der Waals surface area contributed by atoms with E-state index in [1.165, 1.54) is 18.7 Å². The van der Waals surface area contributed by atoms with E-state index in [0.717, 1.165) is 40.4 Å². The molecule has 228 valence electrons. The van der Waals surface area contributed by atoms with Crippen molar-refractivity contribution in [3.8, 4) is 17.2 Å². The second kappa shape index (κ2) is 16.3. The number of esters is 1. The Morgan fingerprint density at radius 2 is 1.62 bits per heavy atom. The molecule has 0 radical (unpaired) electrons. The van der Waals surface area contributed by atoms with E-state index < -0.39 is 17.3 Å². The number of hydrogen-bond donors (Lipinski definition) is 0. The largest absolute Gasteiger partial charge is 0.497 e. The summed E-state index contributed by atoms with van der Waals surface area (Å²) in [5.41, 5.74) is 2.84. The number of ether oxygens (including phenoxy) is 4. The summed E-state index contributed by atoms with van der Waals surface area (Å²) >= 11 is 1.53. The normalized spacial score (nSPS) is 16.0. The fourth-order valence-electron chi connectivity index (χ4n) is 4.68. The Morgan fingerprint density at radius 1 is 0.929 bits per heavy atom. The van der Waals surface area contributed by atoms with Gasteiger partial charge in [0.2, 0.25) is 0 Å². The predicted molar refractivity (Wildman–Crippen MR) is 168 cm³/mol. The van der Waals surface area contributed by atoms with Crippen LogP contribution in [0.3, 0.4) is 0 Å². The van der Waals surface area contributed by atoms with Crippen LogP contribution in [0, 0.1) is 0 Å². The van der Waals surface area contributed by atoms with Crippen LogP contribution in [0.25, 0.3) is 0 Å². The molecule has 0 spiro atoms. The van der Waals surface area contributed by atoms with Gasteiger partial charge in [-0.15, -0.1) is 24.2 Å². The topological polar surface area (TPSA) is 109 Å². The molecule has 42 heavy (non-hydrogen) atoms. The van der Waals surface area contributed by atoms with Crippen molar-refractivity contribution in [3.63, 3.8) is 0 Å². The smallest absolute Gasteiger partial charge is 0.303 e. The second-order valence-corrected chi connectivity index (χ2v) is 10.7. The van der Waals surface area contributed by atoms with Crippen LogP contribution in [0.4, 0.5) is 5.69 Å². The molecule has 1 heterocycles. The van der Waals surface area contributed by atoms with Crippen LogP contribution in [0.15, 0.2) is 71.6 Å². The van der Waals surface area contributed by atoms with Crippen molar-refractivity contribution in [1.82, 2.24) is 4.90 Å². The van der Waals surface area contributed by atoms with Crippen LogP contribution in [-0.4, -0.2) is 76.4 Å². The molecule has 2 atom stereocenters. The molecule has 0 saturated heterocycles. The summed E-state index contributed by atoms with van der Waals surface area (Å²) in [7, 11) is 6.90. The zero-order valence-electron chi connectivity index (χ0n) is 24.5. The Balaban J connectivity index is 0.00000308. The average Bonchev–Trinajstić information content (AvgIpc) is 3.08. The van der Waals surface area contributed by atoms with E-state index in [2.05, 4.69) is 4.90 Å². The molecular weight excluding hydrogens is 580 g/mol. The number of benzene rings is 3. The fourth-order valence-corrected chi connectivity index (χ4v) is 6.00. The van der Waals surface area contributed by atoms with Crippen molar-refractivity contribution in [3.05, 3.63) is 77.9 Å². The maximum absolute atomic E-state index is 14.0. The second-order valence-electron chi connectivity index (χ2n) is 9.54. The fraction of sp³-hybridized carbons (Fsp3) is 0.355. The predicted octanol–water partition coefficient (Wildman–Crippen LogP) is 4.60. The number of halogens is 1. The van der Waals surface area contributed by atoms with Gasteiger partial charge in [-0.1, -0.05) is 30.3 Å². The number of likely N-dealkylation sites (N-methyl/N-ethyl adjacent to an activating group) is 1. The van der Waals surface area contributed by atoms with Gasteiger partial charge in [0.05, 0.1) is 32.3 Å². The molecule has 4 rings (SSSR count). The van der Waals surface area contributed by atoms with E-state index in [4.69, 9.17) is 18.9 Å². The summed E-state index contributed by atoms with van der Waals surface area (Å²) in [6.45, 7) is 3.22. The molecule has 3 aromatic rings. The van der Waals surface area contributed by atoms with E-state index >= 15 is 0 Å². The van der Waals surface area contributed by atoms with E-state index in [9.17, 15) is 9.59 Å². The Hall–Kier alpha value is -3.44. The lowest BCUT2D eigenvalue weighted by molar-refractivity contribution is -0.152. The Labute approximate surface area is 257 Å². The summed E-state index contributed by atoms with van der Waals surface area (Å²) in [6.07, 6.45) is -0.160. The Bertz CT molecular complexity index is 1320. The van der Waals surface area contributed by atoms with E-state index in [1.54, 1.807) is 26.2 Å². The summed E-state index contributed by atoms with van der Waals surface area (Å²) in [4.78, 5) is 31.1. The molecule has 2 N–H and O–H groups in total. The van der Waals surface area contributed by atoms with Crippen molar-refractivity contribution in [2.24, 2.45) is 0 Å². The molecule has 9 nitrogen and oxygen atoms in total. The van der Waals surface area contributed by atoms with Crippen molar-refractivity contribution in [1.29, 1.82) is 0 Å². The number of anilines is 1. The van der Waals surface area contributed by atoms with Crippen LogP contribution >= 0.6 is 24.2 Å². The first kappa shape index (κ1) is 34.8. The molecular formula is C31H39ClN2O7S. The lowest BCUT2D eigenvalue weighted by Crippen LogP contribution is -2.45. The molecule has 1 amide bonds. The first-order chi connectivity index (χ1) is 19.3. The third-order valence-corrected chi connectivity index (χ3v) is 8.24. The maximum Gasteiger partial charge on any atom is 0.303 e. The van der Waals surface area contributed by atoms with Gasteiger partial charge in [0, 0.05) is 31.5 Å².